The van der Waals surface area contributed by atoms with Gasteiger partial charge in [0, 0.05) is 13.7 Å². The number of hydrogen-bond acceptors (Lipinski definition) is 3. The van der Waals surface area contributed by atoms with Crippen LogP contribution in [0, 0.1) is 0 Å². The van der Waals surface area contributed by atoms with Crippen molar-refractivity contribution in [2.45, 2.75) is 44.1 Å². The monoisotopic (exact) mass is 201 g/mol. The lowest BCUT2D eigenvalue weighted by Gasteiger charge is -2.37. The molecule has 2 N–H and O–H groups in total. The van der Waals surface area contributed by atoms with E-state index in [1.54, 1.807) is 7.11 Å². The van der Waals surface area contributed by atoms with Crippen molar-refractivity contribution < 1.29 is 9.47 Å². The van der Waals surface area contributed by atoms with Gasteiger partial charge in [-0.25, -0.2) is 0 Å². The summed E-state index contributed by atoms with van der Waals surface area (Å²) in [5.41, 5.74) is 5.49. The second-order valence-electron chi connectivity index (χ2n) is 4.17. The first-order valence-electron chi connectivity index (χ1n) is 5.66. The zero-order chi connectivity index (χ0) is 10.3. The molecule has 3 heteroatoms. The molecule has 0 aromatic heterocycles. The molecule has 1 rings (SSSR count). The van der Waals surface area contributed by atoms with Crippen LogP contribution in [-0.4, -0.2) is 32.5 Å². The third-order valence-corrected chi connectivity index (χ3v) is 2.93. The molecule has 0 spiro atoms. The summed E-state index contributed by atoms with van der Waals surface area (Å²) in [5, 5.41) is 0. The molecule has 1 aliphatic heterocycles. The quantitative estimate of drug-likeness (QED) is 0.665. The Hall–Kier alpha value is -0.120. The number of methoxy groups -OCH3 is 1. The summed E-state index contributed by atoms with van der Waals surface area (Å²) in [6, 6.07) is 0. The molecule has 0 amide bonds. The summed E-state index contributed by atoms with van der Waals surface area (Å²) >= 11 is 0. The van der Waals surface area contributed by atoms with E-state index in [2.05, 4.69) is 0 Å². The number of unbranched alkanes of at least 4 members (excludes halogenated alkanes) is 1. The summed E-state index contributed by atoms with van der Waals surface area (Å²) in [4.78, 5) is 0. The zero-order valence-electron chi connectivity index (χ0n) is 9.26. The predicted octanol–water partition coefficient (Wildman–Crippen LogP) is 1.70. The Morgan fingerprint density at radius 3 is 2.79 bits per heavy atom. The van der Waals surface area contributed by atoms with E-state index in [1.165, 1.54) is 12.8 Å². The summed E-state index contributed by atoms with van der Waals surface area (Å²) in [6.45, 7) is 2.41. The van der Waals surface area contributed by atoms with E-state index in [-0.39, 0.29) is 5.60 Å². The van der Waals surface area contributed by atoms with E-state index in [0.29, 0.717) is 0 Å². The summed E-state index contributed by atoms with van der Waals surface area (Å²) in [5.74, 6) is 0. The Morgan fingerprint density at radius 1 is 1.36 bits per heavy atom. The lowest BCUT2D eigenvalue weighted by molar-refractivity contribution is -0.120. The summed E-state index contributed by atoms with van der Waals surface area (Å²) in [7, 11) is 1.75. The second-order valence-corrected chi connectivity index (χ2v) is 4.17. The van der Waals surface area contributed by atoms with E-state index >= 15 is 0 Å². The van der Waals surface area contributed by atoms with Gasteiger partial charge in [0.2, 0.25) is 0 Å². The van der Waals surface area contributed by atoms with Crippen molar-refractivity contribution in [1.82, 2.24) is 0 Å². The minimum Gasteiger partial charge on any atom is -0.382 e. The molecule has 1 atom stereocenters. The van der Waals surface area contributed by atoms with Gasteiger partial charge in [0.15, 0.2) is 0 Å². The van der Waals surface area contributed by atoms with Crippen LogP contribution < -0.4 is 5.73 Å². The van der Waals surface area contributed by atoms with Gasteiger partial charge in [-0.3, -0.25) is 0 Å². The van der Waals surface area contributed by atoms with Crippen LogP contribution in [0.1, 0.15) is 38.5 Å². The molecule has 0 aromatic rings. The Morgan fingerprint density at radius 2 is 2.21 bits per heavy atom. The third kappa shape index (κ3) is 3.56. The van der Waals surface area contributed by atoms with Gasteiger partial charge in [-0.15, -0.1) is 0 Å². The highest BCUT2D eigenvalue weighted by Crippen LogP contribution is 2.30. The normalized spacial score (nSPS) is 27.9. The number of nitrogens with two attached hydrogens (primary N) is 1. The maximum absolute atomic E-state index is 5.89. The average molecular weight is 201 g/mol. The molecule has 0 aromatic carbocycles. The molecule has 84 valence electrons. The molecular formula is C11H23NO2. The average Bonchev–Trinajstić information content (AvgIpc) is 2.20. The lowest BCUT2D eigenvalue weighted by atomic mass is 9.89. The molecule has 0 saturated carbocycles. The van der Waals surface area contributed by atoms with Crippen molar-refractivity contribution in [3.63, 3.8) is 0 Å². The number of ether oxygens (including phenoxy) is 2. The van der Waals surface area contributed by atoms with Gasteiger partial charge in [0.1, 0.15) is 0 Å². The lowest BCUT2D eigenvalue weighted by Crippen LogP contribution is -2.40. The van der Waals surface area contributed by atoms with Gasteiger partial charge in [0.25, 0.3) is 0 Å². The van der Waals surface area contributed by atoms with Gasteiger partial charge < -0.3 is 15.2 Å². The van der Waals surface area contributed by atoms with Gasteiger partial charge in [-0.1, -0.05) is 0 Å². The van der Waals surface area contributed by atoms with Gasteiger partial charge in [-0.2, -0.15) is 0 Å². The molecule has 3 nitrogen and oxygen atoms in total. The Bertz CT molecular complexity index is 139. The number of hydrogen-bond donors (Lipinski definition) is 1. The van der Waals surface area contributed by atoms with Crippen molar-refractivity contribution in [3.05, 3.63) is 0 Å². The summed E-state index contributed by atoms with van der Waals surface area (Å²) < 4.78 is 11.1. The van der Waals surface area contributed by atoms with Crippen molar-refractivity contribution >= 4 is 0 Å². The Kier molecular flexibility index (Phi) is 5.45. The largest absolute Gasteiger partial charge is 0.382 e. The smallest absolute Gasteiger partial charge is 0.0914 e. The molecule has 1 unspecified atom stereocenters. The van der Waals surface area contributed by atoms with Crippen LogP contribution >= 0.6 is 0 Å². The SMILES string of the molecule is COCC1(CCCCN)CCCCO1. The Labute approximate surface area is 86.9 Å². The van der Waals surface area contributed by atoms with Gasteiger partial charge >= 0.3 is 0 Å². The molecule has 0 radical (unpaired) electrons. The predicted molar refractivity (Wildman–Crippen MR) is 57.3 cm³/mol. The van der Waals surface area contributed by atoms with Crippen molar-refractivity contribution in [2.24, 2.45) is 5.73 Å². The van der Waals surface area contributed by atoms with Crippen LogP contribution in [-0.2, 0) is 9.47 Å². The molecule has 14 heavy (non-hydrogen) atoms. The molecule has 1 aliphatic rings. The fraction of sp³-hybridized carbons (Fsp3) is 1.00. The highest BCUT2D eigenvalue weighted by Gasteiger charge is 2.32. The van der Waals surface area contributed by atoms with Crippen molar-refractivity contribution in [3.8, 4) is 0 Å². The fourth-order valence-electron chi connectivity index (χ4n) is 2.15. The standard InChI is InChI=1S/C11H23NO2/c1-13-10-11(6-2-4-8-12)7-3-5-9-14-11/h2-10,12H2,1H3. The van der Waals surface area contributed by atoms with Crippen LogP contribution in [0.3, 0.4) is 0 Å². The fourth-order valence-corrected chi connectivity index (χ4v) is 2.15. The van der Waals surface area contributed by atoms with E-state index in [9.17, 15) is 0 Å². The topological polar surface area (TPSA) is 44.5 Å². The molecule has 1 fully saturated rings. The molecule has 1 heterocycles. The van der Waals surface area contributed by atoms with E-state index in [1.807, 2.05) is 0 Å². The van der Waals surface area contributed by atoms with Crippen LogP contribution in [0.15, 0.2) is 0 Å². The first-order chi connectivity index (χ1) is 6.83. The first kappa shape index (κ1) is 12.0. The van der Waals surface area contributed by atoms with Gasteiger partial charge in [0.05, 0.1) is 12.2 Å². The summed E-state index contributed by atoms with van der Waals surface area (Å²) in [6.07, 6.45) is 6.95. The molecule has 0 bridgehead atoms. The maximum atomic E-state index is 5.89. The van der Waals surface area contributed by atoms with Crippen LogP contribution in [0.2, 0.25) is 0 Å². The first-order valence-corrected chi connectivity index (χ1v) is 5.66. The van der Waals surface area contributed by atoms with Crippen LogP contribution in [0.5, 0.6) is 0 Å². The second kappa shape index (κ2) is 6.38. The minimum absolute atomic E-state index is 0.00215. The maximum Gasteiger partial charge on any atom is 0.0914 e. The third-order valence-electron chi connectivity index (χ3n) is 2.93. The van der Waals surface area contributed by atoms with Crippen molar-refractivity contribution in [2.75, 3.05) is 26.9 Å². The van der Waals surface area contributed by atoms with Crippen LogP contribution in [0.4, 0.5) is 0 Å². The van der Waals surface area contributed by atoms with Crippen molar-refractivity contribution in [1.29, 1.82) is 0 Å². The number of rotatable bonds is 6. The molecular weight excluding hydrogens is 178 g/mol. The van der Waals surface area contributed by atoms with E-state index in [0.717, 1.165) is 45.4 Å². The molecule has 0 aliphatic carbocycles. The minimum atomic E-state index is 0.00215. The van der Waals surface area contributed by atoms with E-state index in [4.69, 9.17) is 15.2 Å². The highest BCUT2D eigenvalue weighted by molar-refractivity contribution is 4.83. The van der Waals surface area contributed by atoms with Crippen LogP contribution in [0.25, 0.3) is 0 Å². The Balaban J connectivity index is 2.34. The highest BCUT2D eigenvalue weighted by atomic mass is 16.5. The van der Waals surface area contributed by atoms with E-state index < -0.39 is 0 Å². The zero-order valence-corrected chi connectivity index (χ0v) is 9.26. The molecule has 1 saturated heterocycles. The van der Waals surface area contributed by atoms with Gasteiger partial charge in [-0.05, 0) is 45.1 Å².